The Morgan fingerprint density at radius 2 is 1.75 bits per heavy atom. The molecule has 0 spiro atoms. The summed E-state index contributed by atoms with van der Waals surface area (Å²) in [5, 5.41) is 0. The molecule has 0 aliphatic carbocycles. The van der Waals surface area contributed by atoms with E-state index in [0.717, 1.165) is 49.5 Å². The van der Waals surface area contributed by atoms with Crippen molar-refractivity contribution in [2.24, 2.45) is 0 Å². The lowest BCUT2D eigenvalue weighted by molar-refractivity contribution is 0.0930. The Labute approximate surface area is 122 Å². The molecule has 0 aromatic heterocycles. The van der Waals surface area contributed by atoms with E-state index in [9.17, 15) is 4.79 Å². The molecule has 20 heavy (non-hydrogen) atoms. The van der Waals surface area contributed by atoms with Gasteiger partial charge in [0.05, 0.1) is 6.61 Å². The van der Waals surface area contributed by atoms with Gasteiger partial charge in [-0.3, -0.25) is 4.79 Å². The van der Waals surface area contributed by atoms with Crippen molar-refractivity contribution in [2.45, 2.75) is 34.1 Å². The van der Waals surface area contributed by atoms with Gasteiger partial charge < -0.3 is 9.64 Å². The molecule has 0 atom stereocenters. The molecule has 3 heteroatoms. The van der Waals surface area contributed by atoms with Gasteiger partial charge in [0.25, 0.3) is 0 Å². The SMILES string of the molecule is CCOCCN(CC)CCC(=O)c1cc(C)cc(C)c1. The second-order valence-corrected chi connectivity index (χ2v) is 5.18. The van der Waals surface area contributed by atoms with E-state index < -0.39 is 0 Å². The first kappa shape index (κ1) is 16.9. The first-order valence-corrected chi connectivity index (χ1v) is 7.48. The van der Waals surface area contributed by atoms with Crippen LogP contribution in [0.15, 0.2) is 18.2 Å². The van der Waals surface area contributed by atoms with E-state index >= 15 is 0 Å². The number of rotatable bonds is 9. The van der Waals surface area contributed by atoms with Gasteiger partial charge in [-0.2, -0.15) is 0 Å². The van der Waals surface area contributed by atoms with Crippen molar-refractivity contribution in [2.75, 3.05) is 32.8 Å². The topological polar surface area (TPSA) is 29.5 Å². The first-order chi connectivity index (χ1) is 9.56. The summed E-state index contributed by atoms with van der Waals surface area (Å²) in [7, 11) is 0. The molecular formula is C17H27NO2. The second-order valence-electron chi connectivity index (χ2n) is 5.18. The van der Waals surface area contributed by atoms with Gasteiger partial charge in [-0.1, -0.05) is 24.1 Å². The highest BCUT2D eigenvalue weighted by atomic mass is 16.5. The number of hydrogen-bond acceptors (Lipinski definition) is 3. The standard InChI is InChI=1S/C17H27NO2/c1-5-18(9-10-20-6-2)8-7-17(19)16-12-14(3)11-15(4)13-16/h11-13H,5-10H2,1-4H3. The summed E-state index contributed by atoms with van der Waals surface area (Å²) in [5.74, 6) is 0.228. The van der Waals surface area contributed by atoms with Crippen molar-refractivity contribution in [3.63, 3.8) is 0 Å². The average molecular weight is 277 g/mol. The van der Waals surface area contributed by atoms with Gasteiger partial charge in [0.1, 0.15) is 0 Å². The molecule has 0 aliphatic heterocycles. The first-order valence-electron chi connectivity index (χ1n) is 7.48. The van der Waals surface area contributed by atoms with E-state index in [1.165, 1.54) is 0 Å². The van der Waals surface area contributed by atoms with Crippen LogP contribution in [-0.4, -0.2) is 43.5 Å². The minimum atomic E-state index is 0.228. The molecular weight excluding hydrogens is 250 g/mol. The molecule has 0 amide bonds. The average Bonchev–Trinajstić information content (AvgIpc) is 2.41. The monoisotopic (exact) mass is 277 g/mol. The van der Waals surface area contributed by atoms with Crippen LogP contribution in [0.5, 0.6) is 0 Å². The fourth-order valence-electron chi connectivity index (χ4n) is 2.31. The Morgan fingerprint density at radius 1 is 1.10 bits per heavy atom. The highest BCUT2D eigenvalue weighted by Gasteiger charge is 2.10. The van der Waals surface area contributed by atoms with Crippen molar-refractivity contribution in [3.8, 4) is 0 Å². The van der Waals surface area contributed by atoms with Crippen LogP contribution in [0.3, 0.4) is 0 Å². The summed E-state index contributed by atoms with van der Waals surface area (Å²) in [6.07, 6.45) is 0.572. The zero-order chi connectivity index (χ0) is 15.0. The summed E-state index contributed by atoms with van der Waals surface area (Å²) in [4.78, 5) is 14.5. The maximum Gasteiger partial charge on any atom is 0.164 e. The van der Waals surface area contributed by atoms with Gasteiger partial charge in [-0.15, -0.1) is 0 Å². The molecule has 0 unspecified atom stereocenters. The summed E-state index contributed by atoms with van der Waals surface area (Å²) in [6.45, 7) is 12.3. The molecule has 1 rings (SSSR count). The fourth-order valence-corrected chi connectivity index (χ4v) is 2.31. The van der Waals surface area contributed by atoms with E-state index in [2.05, 4.69) is 17.9 Å². The second kappa shape index (κ2) is 8.88. The molecule has 0 fully saturated rings. The van der Waals surface area contributed by atoms with Crippen LogP contribution in [0, 0.1) is 13.8 Å². The molecule has 112 valence electrons. The van der Waals surface area contributed by atoms with Crippen LogP contribution >= 0.6 is 0 Å². The number of aryl methyl sites for hydroxylation is 2. The molecule has 1 aromatic rings. The van der Waals surface area contributed by atoms with E-state index in [1.807, 2.05) is 32.9 Å². The van der Waals surface area contributed by atoms with Crippen LogP contribution in [0.4, 0.5) is 0 Å². The summed E-state index contributed by atoms with van der Waals surface area (Å²) >= 11 is 0. The molecule has 0 bridgehead atoms. The highest BCUT2D eigenvalue weighted by molar-refractivity contribution is 5.96. The molecule has 0 saturated carbocycles. The Balaban J connectivity index is 2.48. The van der Waals surface area contributed by atoms with Crippen LogP contribution in [0.2, 0.25) is 0 Å². The lowest BCUT2D eigenvalue weighted by atomic mass is 10.0. The van der Waals surface area contributed by atoms with E-state index in [0.29, 0.717) is 6.42 Å². The lowest BCUT2D eigenvalue weighted by Gasteiger charge is -2.19. The van der Waals surface area contributed by atoms with Crippen molar-refractivity contribution < 1.29 is 9.53 Å². The van der Waals surface area contributed by atoms with E-state index in [-0.39, 0.29) is 5.78 Å². The number of likely N-dealkylation sites (N-methyl/N-ethyl adjacent to an activating group) is 1. The Bertz CT molecular complexity index is 409. The van der Waals surface area contributed by atoms with Crippen LogP contribution in [-0.2, 0) is 4.74 Å². The van der Waals surface area contributed by atoms with Crippen LogP contribution in [0.25, 0.3) is 0 Å². The third-order valence-electron chi connectivity index (χ3n) is 3.40. The number of nitrogens with zero attached hydrogens (tertiary/aromatic N) is 1. The van der Waals surface area contributed by atoms with Crippen molar-refractivity contribution in [1.82, 2.24) is 4.90 Å². The predicted octanol–water partition coefficient (Wildman–Crippen LogP) is 3.23. The largest absolute Gasteiger partial charge is 0.380 e. The summed E-state index contributed by atoms with van der Waals surface area (Å²) in [5.41, 5.74) is 3.14. The van der Waals surface area contributed by atoms with E-state index in [4.69, 9.17) is 4.74 Å². The van der Waals surface area contributed by atoms with E-state index in [1.54, 1.807) is 0 Å². The molecule has 0 N–H and O–H groups in total. The molecule has 3 nitrogen and oxygen atoms in total. The van der Waals surface area contributed by atoms with Crippen molar-refractivity contribution in [1.29, 1.82) is 0 Å². The number of carbonyl (C=O) groups excluding carboxylic acids is 1. The van der Waals surface area contributed by atoms with Gasteiger partial charge in [-0.05, 0) is 39.4 Å². The van der Waals surface area contributed by atoms with Crippen LogP contribution < -0.4 is 0 Å². The summed E-state index contributed by atoms with van der Waals surface area (Å²) < 4.78 is 5.36. The van der Waals surface area contributed by atoms with Gasteiger partial charge in [0.15, 0.2) is 5.78 Å². The predicted molar refractivity (Wildman–Crippen MR) is 83.5 cm³/mol. The Morgan fingerprint density at radius 3 is 2.30 bits per heavy atom. The maximum absolute atomic E-state index is 12.2. The third kappa shape index (κ3) is 5.85. The zero-order valence-electron chi connectivity index (χ0n) is 13.2. The van der Waals surface area contributed by atoms with Gasteiger partial charge in [-0.25, -0.2) is 0 Å². The minimum Gasteiger partial charge on any atom is -0.380 e. The smallest absolute Gasteiger partial charge is 0.164 e. The molecule has 1 aromatic carbocycles. The van der Waals surface area contributed by atoms with Crippen molar-refractivity contribution in [3.05, 3.63) is 34.9 Å². The van der Waals surface area contributed by atoms with Gasteiger partial charge in [0, 0.05) is 31.7 Å². The Kier molecular flexibility index (Phi) is 7.48. The van der Waals surface area contributed by atoms with Gasteiger partial charge in [0.2, 0.25) is 0 Å². The number of ether oxygens (including phenoxy) is 1. The molecule has 0 heterocycles. The number of carbonyl (C=O) groups is 1. The molecule has 0 saturated heterocycles. The molecule has 0 radical (unpaired) electrons. The van der Waals surface area contributed by atoms with Gasteiger partial charge >= 0.3 is 0 Å². The number of benzene rings is 1. The number of hydrogen-bond donors (Lipinski definition) is 0. The lowest BCUT2D eigenvalue weighted by Crippen LogP contribution is -2.29. The fraction of sp³-hybridized carbons (Fsp3) is 0.588. The number of ketones is 1. The quantitative estimate of drug-likeness (QED) is 0.512. The maximum atomic E-state index is 12.2. The van der Waals surface area contributed by atoms with Crippen molar-refractivity contribution >= 4 is 5.78 Å². The third-order valence-corrected chi connectivity index (χ3v) is 3.40. The summed E-state index contributed by atoms with van der Waals surface area (Å²) in [6, 6.07) is 6.05. The number of Topliss-reactive ketones (excluding diaryl/α,β-unsaturated/α-hetero) is 1. The molecule has 0 aliphatic rings. The zero-order valence-corrected chi connectivity index (χ0v) is 13.2. The minimum absolute atomic E-state index is 0.228. The van der Waals surface area contributed by atoms with Crippen LogP contribution in [0.1, 0.15) is 41.8 Å². The highest BCUT2D eigenvalue weighted by Crippen LogP contribution is 2.11. The normalized spacial score (nSPS) is 11.1. The Hall–Kier alpha value is -1.19.